The molecule has 2 aromatic heterocycles. The van der Waals surface area contributed by atoms with Crippen LogP contribution >= 0.6 is 23.1 Å². The molecule has 0 fully saturated rings. The Morgan fingerprint density at radius 3 is 2.53 bits per heavy atom. The first-order chi connectivity index (χ1) is 16.3. The van der Waals surface area contributed by atoms with Crippen molar-refractivity contribution in [1.29, 1.82) is 0 Å². The maximum Gasteiger partial charge on any atom is 0.263 e. The van der Waals surface area contributed by atoms with Crippen LogP contribution in [0, 0.1) is 0 Å². The lowest BCUT2D eigenvalue weighted by atomic mass is 10.2. The van der Waals surface area contributed by atoms with E-state index in [-0.39, 0.29) is 28.7 Å². The highest BCUT2D eigenvalue weighted by Gasteiger charge is 2.16. The maximum absolute atomic E-state index is 13.1. The van der Waals surface area contributed by atoms with Gasteiger partial charge >= 0.3 is 0 Å². The largest absolute Gasteiger partial charge is 0.325 e. The van der Waals surface area contributed by atoms with Gasteiger partial charge in [-0.2, -0.15) is 0 Å². The number of aromatic nitrogens is 2. The number of allylic oxidation sites excluding steroid dienone is 1. The minimum Gasteiger partial charge on any atom is -0.325 e. The van der Waals surface area contributed by atoms with Gasteiger partial charge in [-0.3, -0.25) is 14.2 Å². The molecule has 0 saturated heterocycles. The number of nitrogens with two attached hydrogens (primary N) is 1. The average Bonchev–Trinajstić information content (AvgIpc) is 3.25. The number of primary sulfonamides is 1. The van der Waals surface area contributed by atoms with Crippen LogP contribution in [0.4, 0.5) is 5.69 Å². The van der Waals surface area contributed by atoms with E-state index in [2.05, 4.69) is 16.9 Å². The first-order valence-corrected chi connectivity index (χ1v) is 13.4. The van der Waals surface area contributed by atoms with Gasteiger partial charge in [0, 0.05) is 17.1 Å². The maximum atomic E-state index is 13.1. The number of hydrogen-bond donors (Lipinski definition) is 2. The number of fused-ring (bicyclic) bond motifs is 1. The van der Waals surface area contributed by atoms with Gasteiger partial charge in [-0.15, -0.1) is 17.9 Å². The van der Waals surface area contributed by atoms with Crippen LogP contribution in [-0.2, 0) is 21.4 Å². The van der Waals surface area contributed by atoms with E-state index in [4.69, 9.17) is 5.14 Å². The lowest BCUT2D eigenvalue weighted by Gasteiger charge is -2.10. The van der Waals surface area contributed by atoms with Gasteiger partial charge < -0.3 is 5.32 Å². The van der Waals surface area contributed by atoms with Gasteiger partial charge in [-0.1, -0.05) is 48.2 Å². The Kier molecular flexibility index (Phi) is 6.98. The number of hydrogen-bond acceptors (Lipinski definition) is 7. The summed E-state index contributed by atoms with van der Waals surface area (Å²) in [6, 6.07) is 17.1. The summed E-state index contributed by atoms with van der Waals surface area (Å²) in [4.78, 5) is 31.8. The zero-order valence-corrected chi connectivity index (χ0v) is 20.3. The summed E-state index contributed by atoms with van der Waals surface area (Å²) in [5.74, 6) is -0.327. The van der Waals surface area contributed by atoms with Crippen molar-refractivity contribution in [2.24, 2.45) is 5.14 Å². The Morgan fingerprint density at radius 2 is 1.88 bits per heavy atom. The van der Waals surface area contributed by atoms with E-state index in [1.807, 2.05) is 36.4 Å². The monoisotopic (exact) mass is 512 g/mol. The van der Waals surface area contributed by atoms with Crippen molar-refractivity contribution >= 4 is 54.9 Å². The van der Waals surface area contributed by atoms with Crippen LogP contribution in [0.3, 0.4) is 0 Å². The van der Waals surface area contributed by atoms with E-state index >= 15 is 0 Å². The SMILES string of the molecule is C=CCn1c(SCC(=O)Nc2ccc(S(N)(=O)=O)cc2)nc2sc(-c3ccccc3)cc2c1=O. The number of anilines is 1. The molecule has 0 aliphatic carbocycles. The number of carbonyl (C=O) groups excluding carboxylic acids is 1. The number of amides is 1. The predicted molar refractivity (Wildman–Crippen MR) is 137 cm³/mol. The molecular weight excluding hydrogens is 492 g/mol. The molecule has 2 aromatic carbocycles. The molecule has 2 heterocycles. The van der Waals surface area contributed by atoms with Crippen LogP contribution in [0.5, 0.6) is 0 Å². The number of thiophene rings is 1. The molecule has 0 aliphatic heterocycles. The van der Waals surface area contributed by atoms with E-state index in [0.717, 1.165) is 22.2 Å². The fourth-order valence-corrected chi connectivity index (χ4v) is 5.60. The molecule has 1 amide bonds. The first-order valence-electron chi connectivity index (χ1n) is 10.0. The number of nitrogens with one attached hydrogen (secondary N) is 1. The summed E-state index contributed by atoms with van der Waals surface area (Å²) >= 11 is 2.56. The smallest absolute Gasteiger partial charge is 0.263 e. The number of carbonyl (C=O) groups is 1. The molecule has 3 N–H and O–H groups in total. The van der Waals surface area contributed by atoms with Gasteiger partial charge in [-0.25, -0.2) is 18.5 Å². The third kappa shape index (κ3) is 5.28. The lowest BCUT2D eigenvalue weighted by Crippen LogP contribution is -2.23. The van der Waals surface area contributed by atoms with Gasteiger partial charge in [-0.05, 0) is 35.9 Å². The van der Waals surface area contributed by atoms with Crippen LogP contribution < -0.4 is 16.0 Å². The zero-order chi connectivity index (χ0) is 24.3. The average molecular weight is 513 g/mol. The fourth-order valence-electron chi connectivity index (χ4n) is 3.20. The Morgan fingerprint density at radius 1 is 1.18 bits per heavy atom. The van der Waals surface area contributed by atoms with Gasteiger partial charge in [0.05, 0.1) is 16.0 Å². The molecule has 0 atom stereocenters. The van der Waals surface area contributed by atoms with E-state index in [1.54, 1.807) is 6.08 Å². The second-order valence-electron chi connectivity index (χ2n) is 7.20. The van der Waals surface area contributed by atoms with E-state index in [1.165, 1.54) is 40.2 Å². The second-order valence-corrected chi connectivity index (χ2v) is 10.7. The van der Waals surface area contributed by atoms with Crippen molar-refractivity contribution in [3.8, 4) is 10.4 Å². The van der Waals surface area contributed by atoms with Crippen molar-refractivity contribution in [2.45, 2.75) is 16.6 Å². The highest BCUT2D eigenvalue weighted by molar-refractivity contribution is 7.99. The Hall–Kier alpha value is -3.25. The van der Waals surface area contributed by atoms with Gasteiger partial charge in [0.2, 0.25) is 15.9 Å². The normalized spacial score (nSPS) is 11.4. The summed E-state index contributed by atoms with van der Waals surface area (Å²) in [5.41, 5.74) is 1.24. The number of thioether (sulfide) groups is 1. The lowest BCUT2D eigenvalue weighted by molar-refractivity contribution is -0.113. The number of rotatable bonds is 8. The zero-order valence-electron chi connectivity index (χ0n) is 17.8. The van der Waals surface area contributed by atoms with Crippen LogP contribution in [0.15, 0.2) is 88.2 Å². The van der Waals surface area contributed by atoms with E-state index in [0.29, 0.717) is 21.1 Å². The summed E-state index contributed by atoms with van der Waals surface area (Å²) in [5, 5.41) is 8.72. The quantitative estimate of drug-likeness (QED) is 0.211. The van der Waals surface area contributed by atoms with Gasteiger partial charge in [0.25, 0.3) is 5.56 Å². The first kappa shape index (κ1) is 23.9. The number of benzene rings is 2. The van der Waals surface area contributed by atoms with Crippen molar-refractivity contribution in [3.05, 3.63) is 83.7 Å². The van der Waals surface area contributed by atoms with E-state index in [9.17, 15) is 18.0 Å². The predicted octanol–water partition coefficient (Wildman–Crippen LogP) is 3.69. The van der Waals surface area contributed by atoms with Gasteiger partial charge in [0.15, 0.2) is 5.16 Å². The standard InChI is InChI=1S/C23H20N4O4S3/c1-2-12-27-22(29)18-13-19(15-6-4-3-5-7-15)33-21(18)26-23(27)32-14-20(28)25-16-8-10-17(11-9-16)34(24,30)31/h2-11,13H,1,12,14H2,(H,25,28)(H2,24,30,31). The Balaban J connectivity index is 1.55. The molecule has 4 rings (SSSR count). The molecule has 4 aromatic rings. The topological polar surface area (TPSA) is 124 Å². The molecule has 11 heteroatoms. The number of sulfonamides is 1. The third-order valence-corrected chi connectivity index (χ3v) is 7.77. The van der Waals surface area contributed by atoms with Crippen molar-refractivity contribution in [3.63, 3.8) is 0 Å². The summed E-state index contributed by atoms with van der Waals surface area (Å²) < 4.78 is 24.2. The van der Waals surface area contributed by atoms with Crippen molar-refractivity contribution < 1.29 is 13.2 Å². The van der Waals surface area contributed by atoms with Crippen LogP contribution in [0.1, 0.15) is 0 Å². The Bertz CT molecular complexity index is 1530. The molecule has 0 saturated carbocycles. The molecular formula is C23H20N4O4S3. The summed E-state index contributed by atoms with van der Waals surface area (Å²) in [6.07, 6.45) is 1.61. The Labute approximate surface area is 204 Å². The molecule has 0 bridgehead atoms. The minimum absolute atomic E-state index is 0.00292. The van der Waals surface area contributed by atoms with Gasteiger partial charge in [0.1, 0.15) is 4.83 Å². The minimum atomic E-state index is -3.81. The fraction of sp³-hybridized carbons (Fsp3) is 0.0870. The van der Waals surface area contributed by atoms with Crippen LogP contribution in [-0.4, -0.2) is 29.6 Å². The van der Waals surface area contributed by atoms with Crippen molar-refractivity contribution in [2.75, 3.05) is 11.1 Å². The third-order valence-electron chi connectivity index (χ3n) is 4.79. The molecule has 0 aliphatic rings. The molecule has 34 heavy (non-hydrogen) atoms. The highest BCUT2D eigenvalue weighted by atomic mass is 32.2. The highest BCUT2D eigenvalue weighted by Crippen LogP contribution is 2.32. The molecule has 0 unspecified atom stereocenters. The van der Waals surface area contributed by atoms with E-state index < -0.39 is 10.0 Å². The summed E-state index contributed by atoms with van der Waals surface area (Å²) in [6.45, 7) is 3.98. The molecule has 0 spiro atoms. The van der Waals surface area contributed by atoms with Crippen LogP contribution in [0.2, 0.25) is 0 Å². The second kappa shape index (κ2) is 9.94. The molecule has 174 valence electrons. The van der Waals surface area contributed by atoms with Crippen LogP contribution in [0.25, 0.3) is 20.7 Å². The van der Waals surface area contributed by atoms with Crippen molar-refractivity contribution in [1.82, 2.24) is 9.55 Å². The molecule has 8 nitrogen and oxygen atoms in total. The molecule has 0 radical (unpaired) electrons. The number of nitrogens with zero attached hydrogens (tertiary/aromatic N) is 2. The summed E-state index contributed by atoms with van der Waals surface area (Å²) in [7, 11) is -3.81.